The Balaban J connectivity index is 1.57. The van der Waals surface area contributed by atoms with E-state index in [1.807, 2.05) is 0 Å². The van der Waals surface area contributed by atoms with Crippen molar-refractivity contribution in [3.05, 3.63) is 82.6 Å². The molecule has 0 unspecified atom stereocenters. The summed E-state index contributed by atoms with van der Waals surface area (Å²) in [6, 6.07) is 16.8. The zero-order valence-corrected chi connectivity index (χ0v) is 14.8. The molecule has 3 rings (SSSR count). The van der Waals surface area contributed by atoms with E-state index in [0.717, 1.165) is 11.1 Å². The number of carboxylic acids is 1. The van der Waals surface area contributed by atoms with Gasteiger partial charge in [0.05, 0.1) is 18.2 Å². The van der Waals surface area contributed by atoms with Gasteiger partial charge >= 0.3 is 5.97 Å². The smallest absolute Gasteiger partial charge is 0.335 e. The number of hydrogen-bond donors (Lipinski definition) is 2. The Kier molecular flexibility index (Phi) is 5.68. The van der Waals surface area contributed by atoms with Gasteiger partial charge in [-0.2, -0.15) is 5.10 Å². The number of hydrazone groups is 1. The third-order valence-electron chi connectivity index (χ3n) is 3.70. The van der Waals surface area contributed by atoms with E-state index < -0.39 is 5.97 Å². The topological polar surface area (TPSA) is 91.9 Å². The van der Waals surface area contributed by atoms with Gasteiger partial charge in [0.1, 0.15) is 11.5 Å². The zero-order chi connectivity index (χ0) is 19.2. The molecule has 27 heavy (non-hydrogen) atoms. The second-order valence-electron chi connectivity index (χ2n) is 5.68. The van der Waals surface area contributed by atoms with Crippen molar-refractivity contribution in [1.29, 1.82) is 0 Å². The fourth-order valence-electron chi connectivity index (χ4n) is 2.35. The number of carbonyl (C=O) groups is 2. The molecule has 0 radical (unpaired) electrons. The van der Waals surface area contributed by atoms with Gasteiger partial charge in [-0.25, -0.2) is 10.2 Å². The van der Waals surface area contributed by atoms with Crippen LogP contribution in [-0.2, 0) is 11.2 Å². The maximum absolute atomic E-state index is 11.9. The van der Waals surface area contributed by atoms with E-state index in [1.165, 1.54) is 18.3 Å². The number of carbonyl (C=O) groups excluding carboxylic acids is 1. The van der Waals surface area contributed by atoms with Gasteiger partial charge in [-0.1, -0.05) is 35.9 Å². The molecule has 1 heterocycles. The number of nitrogens with one attached hydrogen (secondary N) is 1. The number of amides is 1. The molecule has 6 nitrogen and oxygen atoms in total. The Morgan fingerprint density at radius 1 is 1.04 bits per heavy atom. The lowest BCUT2D eigenvalue weighted by Gasteiger charge is -2.00. The first-order chi connectivity index (χ1) is 13.0. The molecule has 2 aromatic carbocycles. The molecule has 1 amide bonds. The van der Waals surface area contributed by atoms with Crippen LogP contribution in [0.15, 0.2) is 70.2 Å². The Morgan fingerprint density at radius 2 is 1.74 bits per heavy atom. The lowest BCUT2D eigenvalue weighted by atomic mass is 10.1. The third kappa shape index (κ3) is 5.05. The number of nitrogens with zero attached hydrogens (tertiary/aromatic N) is 1. The van der Waals surface area contributed by atoms with Gasteiger partial charge in [0, 0.05) is 10.6 Å². The van der Waals surface area contributed by atoms with Gasteiger partial charge in [-0.05, 0) is 42.0 Å². The van der Waals surface area contributed by atoms with E-state index in [0.29, 0.717) is 16.5 Å². The predicted octanol–water partition coefficient (Wildman–Crippen LogP) is 3.99. The Bertz CT molecular complexity index is 976. The number of halogens is 1. The maximum atomic E-state index is 11.9. The van der Waals surface area contributed by atoms with E-state index in [4.69, 9.17) is 21.1 Å². The Labute approximate surface area is 160 Å². The molecule has 0 saturated heterocycles. The highest BCUT2D eigenvalue weighted by molar-refractivity contribution is 6.30. The van der Waals surface area contributed by atoms with Gasteiger partial charge in [-0.3, -0.25) is 4.79 Å². The van der Waals surface area contributed by atoms with Crippen LogP contribution in [0.25, 0.3) is 11.3 Å². The zero-order valence-electron chi connectivity index (χ0n) is 14.1. The first kappa shape index (κ1) is 18.4. The van der Waals surface area contributed by atoms with Crippen LogP contribution < -0.4 is 5.43 Å². The summed E-state index contributed by atoms with van der Waals surface area (Å²) in [5.41, 5.74) is 4.21. The minimum absolute atomic E-state index is 0.188. The highest BCUT2D eigenvalue weighted by Crippen LogP contribution is 2.22. The average molecular weight is 383 g/mol. The number of furan rings is 1. The van der Waals surface area contributed by atoms with Crippen molar-refractivity contribution in [1.82, 2.24) is 5.43 Å². The van der Waals surface area contributed by atoms with Crippen LogP contribution in [0.4, 0.5) is 0 Å². The second kappa shape index (κ2) is 8.33. The monoisotopic (exact) mass is 382 g/mol. The van der Waals surface area contributed by atoms with Crippen molar-refractivity contribution in [2.75, 3.05) is 0 Å². The number of benzene rings is 2. The summed E-state index contributed by atoms with van der Waals surface area (Å²) < 4.78 is 5.62. The van der Waals surface area contributed by atoms with Crippen molar-refractivity contribution in [3.63, 3.8) is 0 Å². The molecule has 0 aliphatic carbocycles. The van der Waals surface area contributed by atoms with Crippen LogP contribution in [0.3, 0.4) is 0 Å². The van der Waals surface area contributed by atoms with E-state index in [2.05, 4.69) is 10.5 Å². The standard InChI is InChI=1S/C20H15ClN2O4/c21-16-7-1-13(2-8-16)11-19(24)23-22-12-17-9-10-18(27-17)14-3-5-15(6-4-14)20(25)26/h1-10,12H,11H2,(H,23,24)(H,25,26)/b22-12-. The molecular weight excluding hydrogens is 368 g/mol. The first-order valence-corrected chi connectivity index (χ1v) is 8.39. The summed E-state index contributed by atoms with van der Waals surface area (Å²) >= 11 is 5.81. The fraction of sp³-hybridized carbons (Fsp3) is 0.0500. The lowest BCUT2D eigenvalue weighted by molar-refractivity contribution is -0.120. The molecule has 0 fully saturated rings. The van der Waals surface area contributed by atoms with Crippen LogP contribution in [0.2, 0.25) is 5.02 Å². The van der Waals surface area contributed by atoms with Crippen molar-refractivity contribution in [2.45, 2.75) is 6.42 Å². The summed E-state index contributed by atoms with van der Waals surface area (Å²) in [6.45, 7) is 0. The van der Waals surface area contributed by atoms with Crippen molar-refractivity contribution < 1.29 is 19.1 Å². The van der Waals surface area contributed by atoms with Gasteiger partial charge in [-0.15, -0.1) is 0 Å². The van der Waals surface area contributed by atoms with Gasteiger partial charge in [0.25, 0.3) is 0 Å². The van der Waals surface area contributed by atoms with E-state index in [1.54, 1.807) is 48.5 Å². The molecular formula is C20H15ClN2O4. The summed E-state index contributed by atoms with van der Waals surface area (Å²) in [7, 11) is 0. The predicted molar refractivity (Wildman–Crippen MR) is 102 cm³/mol. The molecule has 7 heteroatoms. The molecule has 0 spiro atoms. The fourth-order valence-corrected chi connectivity index (χ4v) is 2.48. The number of carboxylic acid groups (broad SMARTS) is 1. The highest BCUT2D eigenvalue weighted by Gasteiger charge is 2.07. The van der Waals surface area contributed by atoms with Crippen LogP contribution in [0.5, 0.6) is 0 Å². The lowest BCUT2D eigenvalue weighted by Crippen LogP contribution is -2.19. The number of rotatable bonds is 6. The summed E-state index contributed by atoms with van der Waals surface area (Å²) in [4.78, 5) is 22.7. The van der Waals surface area contributed by atoms with E-state index >= 15 is 0 Å². The summed E-state index contributed by atoms with van der Waals surface area (Å²) in [5, 5.41) is 13.4. The largest absolute Gasteiger partial charge is 0.478 e. The second-order valence-corrected chi connectivity index (χ2v) is 6.12. The van der Waals surface area contributed by atoms with Crippen LogP contribution in [-0.4, -0.2) is 23.2 Å². The number of hydrogen-bond acceptors (Lipinski definition) is 4. The van der Waals surface area contributed by atoms with E-state index in [-0.39, 0.29) is 17.9 Å². The van der Waals surface area contributed by atoms with Crippen molar-refractivity contribution >= 4 is 29.7 Å². The molecule has 136 valence electrons. The summed E-state index contributed by atoms with van der Waals surface area (Å²) in [5.74, 6) is -0.215. The van der Waals surface area contributed by atoms with Crippen LogP contribution in [0.1, 0.15) is 21.7 Å². The molecule has 1 aromatic heterocycles. The quantitative estimate of drug-likeness (QED) is 0.498. The van der Waals surface area contributed by atoms with Crippen molar-refractivity contribution in [3.8, 4) is 11.3 Å². The number of aromatic carboxylic acids is 1. The molecule has 0 aliphatic rings. The van der Waals surface area contributed by atoms with Gasteiger partial charge < -0.3 is 9.52 Å². The average Bonchev–Trinajstić information content (AvgIpc) is 3.12. The molecule has 0 saturated carbocycles. The van der Waals surface area contributed by atoms with Crippen molar-refractivity contribution in [2.24, 2.45) is 5.10 Å². The Morgan fingerprint density at radius 3 is 2.41 bits per heavy atom. The first-order valence-electron chi connectivity index (χ1n) is 8.01. The Hall–Kier alpha value is -3.38. The third-order valence-corrected chi connectivity index (χ3v) is 3.95. The maximum Gasteiger partial charge on any atom is 0.335 e. The normalized spacial score (nSPS) is 10.9. The molecule has 0 bridgehead atoms. The van der Waals surface area contributed by atoms with Gasteiger partial charge in [0.15, 0.2) is 0 Å². The van der Waals surface area contributed by atoms with Crippen LogP contribution in [0, 0.1) is 0 Å². The molecule has 3 aromatic rings. The molecule has 0 aliphatic heterocycles. The molecule has 2 N–H and O–H groups in total. The summed E-state index contributed by atoms with van der Waals surface area (Å²) in [6.07, 6.45) is 1.59. The minimum atomic E-state index is -0.983. The minimum Gasteiger partial charge on any atom is -0.478 e. The van der Waals surface area contributed by atoms with Crippen LogP contribution >= 0.6 is 11.6 Å². The highest BCUT2D eigenvalue weighted by atomic mass is 35.5. The molecule has 0 atom stereocenters. The SMILES string of the molecule is O=C(Cc1ccc(Cl)cc1)N/N=C\c1ccc(-c2ccc(C(=O)O)cc2)o1. The van der Waals surface area contributed by atoms with E-state index in [9.17, 15) is 9.59 Å². The van der Waals surface area contributed by atoms with Gasteiger partial charge in [0.2, 0.25) is 5.91 Å².